The molecule has 0 unspecified atom stereocenters. The topological polar surface area (TPSA) is 87.5 Å². The van der Waals surface area contributed by atoms with Crippen LogP contribution in [0.4, 0.5) is 0 Å². The van der Waals surface area contributed by atoms with E-state index in [1.165, 1.54) is 0 Å². The molecule has 0 saturated carbocycles. The zero-order valence-electron chi connectivity index (χ0n) is 15.2. The predicted octanol–water partition coefficient (Wildman–Crippen LogP) is 4.30. The molecule has 0 radical (unpaired) electrons. The number of ether oxygens (including phenoxy) is 1. The van der Waals surface area contributed by atoms with Crippen molar-refractivity contribution in [2.75, 3.05) is 7.11 Å². The summed E-state index contributed by atoms with van der Waals surface area (Å²) in [4.78, 5) is 4.54. The van der Waals surface area contributed by atoms with Crippen LogP contribution in [0.15, 0.2) is 49.2 Å². The molecule has 0 aliphatic rings. The Morgan fingerprint density at radius 3 is 2.64 bits per heavy atom. The lowest BCUT2D eigenvalue weighted by Gasteiger charge is -2.08. The smallest absolute Gasteiger partial charge is 0.128 e. The van der Waals surface area contributed by atoms with Gasteiger partial charge in [0.15, 0.2) is 0 Å². The van der Waals surface area contributed by atoms with E-state index in [1.54, 1.807) is 36.2 Å². The highest BCUT2D eigenvalue weighted by atomic mass is 16.5. The van der Waals surface area contributed by atoms with Crippen molar-refractivity contribution in [1.82, 2.24) is 14.8 Å². The summed E-state index contributed by atoms with van der Waals surface area (Å²) in [6.07, 6.45) is 3.46. The maximum absolute atomic E-state index is 9.19. The van der Waals surface area contributed by atoms with E-state index in [4.69, 9.17) is 10.00 Å². The Bertz CT molecular complexity index is 1300. The molecule has 0 spiro atoms. The zero-order valence-corrected chi connectivity index (χ0v) is 15.2. The quantitative estimate of drug-likeness (QED) is 0.538. The minimum absolute atomic E-state index is 0.116. The average molecular weight is 365 g/mol. The van der Waals surface area contributed by atoms with E-state index in [2.05, 4.69) is 28.8 Å². The Morgan fingerprint density at radius 1 is 1.21 bits per heavy atom. The Kier molecular flexibility index (Phi) is 4.23. The largest absolute Gasteiger partial charge is 0.496 e. The highest BCUT2D eigenvalue weighted by molar-refractivity contribution is 6.12. The second kappa shape index (κ2) is 6.86. The highest BCUT2D eigenvalue weighted by Gasteiger charge is 2.17. The van der Waals surface area contributed by atoms with Gasteiger partial charge in [-0.05, 0) is 18.2 Å². The molecule has 0 amide bonds. The minimum atomic E-state index is 0.116. The van der Waals surface area contributed by atoms with E-state index in [-0.39, 0.29) is 6.54 Å². The fourth-order valence-corrected chi connectivity index (χ4v) is 3.32. The molecule has 0 atom stereocenters. The molecule has 0 bridgehead atoms. The number of methoxy groups -OCH3 is 1. The molecule has 0 saturated heterocycles. The van der Waals surface area contributed by atoms with E-state index < -0.39 is 0 Å². The molecule has 0 aliphatic heterocycles. The second-order valence-electron chi connectivity index (χ2n) is 6.19. The fourth-order valence-electron chi connectivity index (χ4n) is 3.32. The van der Waals surface area contributed by atoms with Crippen LogP contribution in [0.3, 0.4) is 0 Å². The van der Waals surface area contributed by atoms with Gasteiger partial charge in [-0.2, -0.15) is 15.6 Å². The molecule has 4 rings (SSSR count). The van der Waals surface area contributed by atoms with Crippen molar-refractivity contribution in [2.45, 2.75) is 6.54 Å². The fraction of sp³-hybridized carbons (Fsp3) is 0.0909. The highest BCUT2D eigenvalue weighted by Crippen LogP contribution is 2.36. The first-order valence-electron chi connectivity index (χ1n) is 8.57. The van der Waals surface area contributed by atoms with Crippen LogP contribution in [-0.4, -0.2) is 21.9 Å². The number of rotatable bonds is 4. The molecule has 28 heavy (non-hydrogen) atoms. The minimum Gasteiger partial charge on any atom is -0.496 e. The normalized spacial score (nSPS) is 10.5. The van der Waals surface area contributed by atoms with Crippen LogP contribution in [0.5, 0.6) is 5.75 Å². The predicted molar refractivity (Wildman–Crippen MR) is 107 cm³/mol. The number of fused-ring (bicyclic) bond motifs is 3. The van der Waals surface area contributed by atoms with Gasteiger partial charge >= 0.3 is 0 Å². The molecule has 0 aliphatic carbocycles. The lowest BCUT2D eigenvalue weighted by Crippen LogP contribution is -1.98. The van der Waals surface area contributed by atoms with E-state index in [1.807, 2.05) is 24.3 Å². The van der Waals surface area contributed by atoms with E-state index in [0.717, 1.165) is 38.6 Å². The summed E-state index contributed by atoms with van der Waals surface area (Å²) in [5.41, 5.74) is 4.57. The third-order valence-electron chi connectivity index (χ3n) is 4.66. The number of pyridine rings is 1. The Hall–Kier alpha value is -4.16. The summed E-state index contributed by atoms with van der Waals surface area (Å²) in [5.74, 6) is 0.693. The van der Waals surface area contributed by atoms with Gasteiger partial charge in [0, 0.05) is 28.0 Å². The van der Waals surface area contributed by atoms with Gasteiger partial charge in [0.05, 0.1) is 42.0 Å². The first-order chi connectivity index (χ1) is 13.7. The number of nitrogens with zero attached hydrogens (tertiary/aromatic N) is 5. The first-order valence-corrected chi connectivity index (χ1v) is 8.57. The molecular formula is C22H15N5O. The van der Waals surface area contributed by atoms with Crippen molar-refractivity contribution in [1.29, 1.82) is 10.5 Å². The Balaban J connectivity index is 2.10. The van der Waals surface area contributed by atoms with Gasteiger partial charge in [0.1, 0.15) is 18.0 Å². The van der Waals surface area contributed by atoms with Crippen LogP contribution < -0.4 is 4.74 Å². The van der Waals surface area contributed by atoms with Gasteiger partial charge < -0.3 is 4.74 Å². The van der Waals surface area contributed by atoms with Crippen LogP contribution in [-0.2, 0) is 6.54 Å². The van der Waals surface area contributed by atoms with E-state index in [9.17, 15) is 5.26 Å². The molecule has 4 aromatic rings. The summed E-state index contributed by atoms with van der Waals surface area (Å²) >= 11 is 0. The van der Waals surface area contributed by atoms with Gasteiger partial charge in [-0.3, -0.25) is 4.98 Å². The molecule has 134 valence electrons. The van der Waals surface area contributed by atoms with Crippen LogP contribution in [0.2, 0.25) is 0 Å². The maximum atomic E-state index is 9.19. The summed E-state index contributed by atoms with van der Waals surface area (Å²) in [7, 11) is 1.61. The molecule has 6 nitrogen and oxygen atoms in total. The number of hydrogen-bond donors (Lipinski definition) is 0. The number of nitriles is 2. The molecule has 2 heterocycles. The molecule has 6 heteroatoms. The van der Waals surface area contributed by atoms with E-state index in [0.29, 0.717) is 11.3 Å². The maximum Gasteiger partial charge on any atom is 0.128 e. The Labute approximate surface area is 161 Å². The summed E-state index contributed by atoms with van der Waals surface area (Å²) in [5, 5.41) is 24.7. The van der Waals surface area contributed by atoms with Gasteiger partial charge in [-0.25, -0.2) is 4.68 Å². The SMILES string of the molecule is C=Cc1cc2c(cc1OC)ncc1c2c(-c2ccc(C#N)cc2)nn1CC#N. The van der Waals surface area contributed by atoms with Crippen molar-refractivity contribution in [2.24, 2.45) is 0 Å². The zero-order chi connectivity index (χ0) is 19.7. The third-order valence-corrected chi connectivity index (χ3v) is 4.66. The van der Waals surface area contributed by atoms with Gasteiger partial charge in [-0.15, -0.1) is 0 Å². The molecule has 2 aromatic heterocycles. The van der Waals surface area contributed by atoms with Gasteiger partial charge in [0.25, 0.3) is 0 Å². The summed E-state index contributed by atoms with van der Waals surface area (Å²) in [6.45, 7) is 3.98. The number of aromatic nitrogens is 3. The lowest BCUT2D eigenvalue weighted by atomic mass is 10.0. The third kappa shape index (κ3) is 2.65. The van der Waals surface area contributed by atoms with Gasteiger partial charge in [0.2, 0.25) is 0 Å². The molecule has 2 aromatic carbocycles. The Morgan fingerprint density at radius 2 is 2.00 bits per heavy atom. The molecule has 0 N–H and O–H groups in total. The second-order valence-corrected chi connectivity index (χ2v) is 6.19. The van der Waals surface area contributed by atoms with Crippen molar-refractivity contribution in [3.63, 3.8) is 0 Å². The van der Waals surface area contributed by atoms with Crippen molar-refractivity contribution < 1.29 is 4.74 Å². The average Bonchev–Trinajstić information content (AvgIpc) is 3.11. The monoisotopic (exact) mass is 365 g/mol. The van der Waals surface area contributed by atoms with Crippen molar-refractivity contribution in [3.8, 4) is 29.1 Å². The van der Waals surface area contributed by atoms with Crippen LogP contribution in [0.25, 0.3) is 39.1 Å². The standard InChI is InChI=1S/C22H15N5O/c1-3-15-10-17-18(11-20(15)28-2)25-13-19-21(17)22(26-27(19)9-8-23)16-6-4-14(12-24)5-7-16/h3-7,10-11,13H,1,9H2,2H3. The molecular weight excluding hydrogens is 350 g/mol. The first kappa shape index (κ1) is 17.3. The number of hydrogen-bond acceptors (Lipinski definition) is 5. The van der Waals surface area contributed by atoms with Crippen LogP contribution in [0.1, 0.15) is 11.1 Å². The van der Waals surface area contributed by atoms with E-state index >= 15 is 0 Å². The van der Waals surface area contributed by atoms with Crippen LogP contribution in [0, 0.1) is 22.7 Å². The van der Waals surface area contributed by atoms with Crippen molar-refractivity contribution >= 4 is 27.9 Å². The van der Waals surface area contributed by atoms with Crippen molar-refractivity contribution in [3.05, 3.63) is 60.3 Å². The van der Waals surface area contributed by atoms with Gasteiger partial charge in [-0.1, -0.05) is 24.8 Å². The molecule has 0 fully saturated rings. The summed E-state index contributed by atoms with van der Waals surface area (Å²) in [6, 6.07) is 15.3. The lowest BCUT2D eigenvalue weighted by molar-refractivity contribution is 0.414. The van der Waals surface area contributed by atoms with Crippen LogP contribution >= 0.6 is 0 Å². The summed E-state index contributed by atoms with van der Waals surface area (Å²) < 4.78 is 7.08. The number of benzene rings is 2.